The number of aryl methyl sites for hydroxylation is 1. The van der Waals surface area contributed by atoms with Crippen molar-refractivity contribution in [1.82, 2.24) is 5.32 Å². The van der Waals surface area contributed by atoms with Gasteiger partial charge < -0.3 is 10.1 Å². The predicted octanol–water partition coefficient (Wildman–Crippen LogP) is 2.42. The maximum Gasteiger partial charge on any atom is 0.0960 e. The second-order valence-electron chi connectivity index (χ2n) is 3.59. The first-order valence-electron chi connectivity index (χ1n) is 4.86. The monoisotopic (exact) mass is 255 g/mol. The molecule has 1 aliphatic rings. The van der Waals surface area contributed by atoms with Gasteiger partial charge in [0.1, 0.15) is 0 Å². The highest BCUT2D eigenvalue weighted by Gasteiger charge is 2.17. The van der Waals surface area contributed by atoms with Gasteiger partial charge in [0.15, 0.2) is 0 Å². The van der Waals surface area contributed by atoms with E-state index < -0.39 is 0 Å². The van der Waals surface area contributed by atoms with Gasteiger partial charge in [0.25, 0.3) is 0 Å². The van der Waals surface area contributed by atoms with Crippen LogP contribution in [0.1, 0.15) is 17.2 Å². The zero-order chi connectivity index (χ0) is 9.97. The van der Waals surface area contributed by atoms with Crippen molar-refractivity contribution in [1.29, 1.82) is 0 Å². The second-order valence-corrected chi connectivity index (χ2v) is 4.44. The van der Waals surface area contributed by atoms with E-state index in [1.54, 1.807) is 0 Å². The summed E-state index contributed by atoms with van der Waals surface area (Å²) in [5.74, 6) is 0. The highest BCUT2D eigenvalue weighted by Crippen LogP contribution is 2.27. The normalized spacial score (nSPS) is 22.3. The summed E-state index contributed by atoms with van der Waals surface area (Å²) >= 11 is 3.57. The van der Waals surface area contributed by atoms with Gasteiger partial charge in [-0.15, -0.1) is 0 Å². The van der Waals surface area contributed by atoms with E-state index >= 15 is 0 Å². The van der Waals surface area contributed by atoms with Crippen LogP contribution in [-0.4, -0.2) is 19.7 Å². The molecular weight excluding hydrogens is 242 g/mol. The van der Waals surface area contributed by atoms with Crippen LogP contribution in [0.2, 0.25) is 0 Å². The fourth-order valence-corrected chi connectivity index (χ4v) is 2.41. The van der Waals surface area contributed by atoms with E-state index in [9.17, 15) is 0 Å². The highest BCUT2D eigenvalue weighted by atomic mass is 79.9. The van der Waals surface area contributed by atoms with Gasteiger partial charge in [-0.3, -0.25) is 0 Å². The second kappa shape index (κ2) is 4.43. The van der Waals surface area contributed by atoms with Gasteiger partial charge in [0.05, 0.1) is 12.7 Å². The van der Waals surface area contributed by atoms with Gasteiger partial charge in [-0.25, -0.2) is 0 Å². The molecule has 0 bridgehead atoms. The van der Waals surface area contributed by atoms with Crippen molar-refractivity contribution in [3.63, 3.8) is 0 Å². The van der Waals surface area contributed by atoms with Gasteiger partial charge in [0, 0.05) is 17.6 Å². The van der Waals surface area contributed by atoms with Crippen molar-refractivity contribution in [2.75, 3.05) is 19.7 Å². The molecule has 1 aliphatic heterocycles. The van der Waals surface area contributed by atoms with E-state index in [1.165, 1.54) is 11.1 Å². The smallest absolute Gasteiger partial charge is 0.0960 e. The van der Waals surface area contributed by atoms with Crippen molar-refractivity contribution in [3.05, 3.63) is 33.8 Å². The third-order valence-corrected chi connectivity index (χ3v) is 3.12. The Morgan fingerprint density at radius 2 is 2.36 bits per heavy atom. The molecule has 1 unspecified atom stereocenters. The van der Waals surface area contributed by atoms with Gasteiger partial charge in [-0.2, -0.15) is 0 Å². The molecule has 3 heteroatoms. The molecule has 0 amide bonds. The molecular formula is C11H14BrNO. The standard InChI is InChI=1S/C11H14BrNO/c1-8-2-3-9(10(12)6-8)11-7-13-4-5-14-11/h2-3,6,11,13H,4-5,7H2,1H3. The third-order valence-electron chi connectivity index (χ3n) is 2.43. The Morgan fingerprint density at radius 3 is 3.00 bits per heavy atom. The predicted molar refractivity (Wildman–Crippen MR) is 60.4 cm³/mol. The number of rotatable bonds is 1. The van der Waals surface area contributed by atoms with Crippen molar-refractivity contribution < 1.29 is 4.74 Å². The largest absolute Gasteiger partial charge is 0.371 e. The number of nitrogens with one attached hydrogen (secondary N) is 1. The third kappa shape index (κ3) is 2.16. The minimum absolute atomic E-state index is 0.193. The van der Waals surface area contributed by atoms with Crippen LogP contribution < -0.4 is 5.32 Å². The van der Waals surface area contributed by atoms with Crippen LogP contribution >= 0.6 is 15.9 Å². The Labute approximate surface area is 92.8 Å². The molecule has 76 valence electrons. The number of hydrogen-bond acceptors (Lipinski definition) is 2. The fourth-order valence-electron chi connectivity index (χ4n) is 1.66. The Kier molecular flexibility index (Phi) is 3.21. The zero-order valence-corrected chi connectivity index (χ0v) is 9.80. The summed E-state index contributed by atoms with van der Waals surface area (Å²) in [5.41, 5.74) is 2.51. The molecule has 14 heavy (non-hydrogen) atoms. The van der Waals surface area contributed by atoms with Crippen LogP contribution in [-0.2, 0) is 4.74 Å². The van der Waals surface area contributed by atoms with Crippen LogP contribution in [0.15, 0.2) is 22.7 Å². The molecule has 0 aliphatic carbocycles. The lowest BCUT2D eigenvalue weighted by atomic mass is 10.1. The lowest BCUT2D eigenvalue weighted by Crippen LogP contribution is -2.33. The summed E-state index contributed by atoms with van der Waals surface area (Å²) in [4.78, 5) is 0. The van der Waals surface area contributed by atoms with Crippen LogP contribution in [0.3, 0.4) is 0 Å². The average molecular weight is 256 g/mol. The summed E-state index contributed by atoms with van der Waals surface area (Å²) in [5, 5.41) is 3.33. The van der Waals surface area contributed by atoms with Crippen LogP contribution in [0, 0.1) is 6.92 Å². The van der Waals surface area contributed by atoms with Crippen molar-refractivity contribution in [2.45, 2.75) is 13.0 Å². The van der Waals surface area contributed by atoms with Crippen molar-refractivity contribution >= 4 is 15.9 Å². The first kappa shape index (κ1) is 10.1. The molecule has 0 aromatic heterocycles. The number of ether oxygens (including phenoxy) is 1. The summed E-state index contributed by atoms with van der Waals surface area (Å²) < 4.78 is 6.84. The van der Waals surface area contributed by atoms with E-state index in [1.807, 2.05) is 0 Å². The maximum atomic E-state index is 5.69. The average Bonchev–Trinajstić information content (AvgIpc) is 2.19. The van der Waals surface area contributed by atoms with E-state index in [2.05, 4.69) is 46.4 Å². The molecule has 1 saturated heterocycles. The number of halogens is 1. The number of benzene rings is 1. The molecule has 0 spiro atoms. The molecule has 0 saturated carbocycles. The molecule has 1 heterocycles. The minimum Gasteiger partial charge on any atom is -0.371 e. The SMILES string of the molecule is Cc1ccc(C2CNCCO2)c(Br)c1. The molecule has 2 nitrogen and oxygen atoms in total. The Hall–Kier alpha value is -0.380. The van der Waals surface area contributed by atoms with Gasteiger partial charge in [-0.1, -0.05) is 28.1 Å². The Morgan fingerprint density at radius 1 is 1.50 bits per heavy atom. The van der Waals surface area contributed by atoms with E-state index in [0.29, 0.717) is 0 Å². The van der Waals surface area contributed by atoms with Gasteiger partial charge in [-0.05, 0) is 24.1 Å². The molecule has 0 radical (unpaired) electrons. The first-order valence-corrected chi connectivity index (χ1v) is 5.65. The summed E-state index contributed by atoms with van der Waals surface area (Å²) in [6, 6.07) is 6.39. The highest BCUT2D eigenvalue weighted by molar-refractivity contribution is 9.10. The topological polar surface area (TPSA) is 21.3 Å². The van der Waals surface area contributed by atoms with E-state index in [-0.39, 0.29) is 6.10 Å². The lowest BCUT2D eigenvalue weighted by Gasteiger charge is -2.24. The summed E-state index contributed by atoms with van der Waals surface area (Å²) in [6.45, 7) is 4.75. The molecule has 1 atom stereocenters. The van der Waals surface area contributed by atoms with Crippen molar-refractivity contribution in [3.8, 4) is 0 Å². The Bertz CT molecular complexity index is 321. The molecule has 1 fully saturated rings. The van der Waals surface area contributed by atoms with E-state index in [0.717, 1.165) is 24.2 Å². The summed E-state index contributed by atoms with van der Waals surface area (Å²) in [6.07, 6.45) is 0.193. The van der Waals surface area contributed by atoms with E-state index in [4.69, 9.17) is 4.74 Å². The quantitative estimate of drug-likeness (QED) is 0.833. The maximum absolute atomic E-state index is 5.69. The lowest BCUT2D eigenvalue weighted by molar-refractivity contribution is 0.0272. The van der Waals surface area contributed by atoms with Crippen LogP contribution in [0.25, 0.3) is 0 Å². The molecule has 1 aromatic carbocycles. The van der Waals surface area contributed by atoms with Crippen molar-refractivity contribution in [2.24, 2.45) is 0 Å². The van der Waals surface area contributed by atoms with Crippen LogP contribution in [0.4, 0.5) is 0 Å². The van der Waals surface area contributed by atoms with Gasteiger partial charge in [0.2, 0.25) is 0 Å². The van der Waals surface area contributed by atoms with Crippen LogP contribution in [0.5, 0.6) is 0 Å². The first-order chi connectivity index (χ1) is 6.77. The molecule has 1 N–H and O–H groups in total. The number of morpholine rings is 1. The fraction of sp³-hybridized carbons (Fsp3) is 0.455. The minimum atomic E-state index is 0.193. The summed E-state index contributed by atoms with van der Waals surface area (Å²) in [7, 11) is 0. The zero-order valence-electron chi connectivity index (χ0n) is 8.22. The molecule has 1 aromatic rings. The Balaban J connectivity index is 2.22. The van der Waals surface area contributed by atoms with Gasteiger partial charge >= 0.3 is 0 Å². The number of hydrogen-bond donors (Lipinski definition) is 1. The molecule has 2 rings (SSSR count).